The third-order valence-corrected chi connectivity index (χ3v) is 9.03. The van der Waals surface area contributed by atoms with Crippen molar-refractivity contribution in [2.24, 2.45) is 0 Å². The molecule has 0 rings (SSSR count). The molecule has 0 spiro atoms. The Balaban J connectivity index is 0. The topological polar surface area (TPSA) is 58.2 Å². The molecule has 0 saturated heterocycles. The lowest BCUT2D eigenvalue weighted by atomic mass is 10.1. The van der Waals surface area contributed by atoms with Gasteiger partial charge < -0.3 is 12.4 Å². The van der Waals surface area contributed by atoms with Gasteiger partial charge in [0.1, 0.15) is 13.6 Å². The van der Waals surface area contributed by atoms with Crippen LogP contribution in [0.25, 0.3) is 0 Å². The molecule has 0 aromatic carbocycles. The van der Waals surface area contributed by atoms with E-state index in [0.29, 0.717) is 19.4 Å². The molecule has 2 N–H and O–H groups in total. The summed E-state index contributed by atoms with van der Waals surface area (Å²) in [6.07, 6.45) is 45.1. The van der Waals surface area contributed by atoms with E-state index >= 15 is 0 Å². The number of unbranched alkanes of at least 4 members (excludes halogenated alkanes) is 23. The normalized spacial score (nSPS) is 11.7. The summed E-state index contributed by atoms with van der Waals surface area (Å²) in [6.45, 7) is 7.40. The fraction of sp³-hybridized carbons (Fsp3) is 0.854. The molecule has 0 heterocycles. The van der Waals surface area contributed by atoms with Crippen LogP contribution in [0, 0.1) is 0 Å². The summed E-state index contributed by atoms with van der Waals surface area (Å²) in [4.78, 5) is 25.5. The molecule has 0 bridgehead atoms. The zero-order valence-corrected chi connectivity index (χ0v) is 32.6. The van der Waals surface area contributed by atoms with Gasteiger partial charge >= 0.3 is 0 Å². The number of halogens is 1. The predicted molar refractivity (Wildman–Crippen MR) is 201 cm³/mol. The molecule has 2 amide bonds. The lowest BCUT2D eigenvalue weighted by Crippen LogP contribution is -3.00. The van der Waals surface area contributed by atoms with Gasteiger partial charge in [0.15, 0.2) is 0 Å². The number of carbonyl (C=O) groups is 2. The summed E-state index contributed by atoms with van der Waals surface area (Å²) in [6, 6.07) is 0. The molecule has 0 aliphatic rings. The van der Waals surface area contributed by atoms with Crippen molar-refractivity contribution in [1.82, 2.24) is 10.9 Å². The molecule has 6 heteroatoms. The second-order valence-electron chi connectivity index (χ2n) is 14.0. The van der Waals surface area contributed by atoms with Gasteiger partial charge in [-0.15, -0.1) is 4.70 Å². The van der Waals surface area contributed by atoms with Crippen LogP contribution in [0.3, 0.4) is 0 Å². The second-order valence-corrected chi connectivity index (χ2v) is 14.0. The number of allylic oxidation sites excluding steroid dienone is 4. The summed E-state index contributed by atoms with van der Waals surface area (Å²) in [7, 11) is 1.92. The van der Waals surface area contributed by atoms with Gasteiger partial charge in [0.2, 0.25) is 0 Å². The first-order valence-electron chi connectivity index (χ1n) is 20.2. The van der Waals surface area contributed by atoms with Crippen LogP contribution in [0.1, 0.15) is 213 Å². The molecule has 47 heavy (non-hydrogen) atoms. The van der Waals surface area contributed by atoms with Crippen LogP contribution in [-0.4, -0.2) is 30.1 Å². The van der Waals surface area contributed by atoms with E-state index in [1.54, 1.807) is 0 Å². The fourth-order valence-electron chi connectivity index (χ4n) is 5.99. The van der Waals surface area contributed by atoms with Crippen molar-refractivity contribution in [3.8, 4) is 0 Å². The van der Waals surface area contributed by atoms with Crippen LogP contribution in [0.5, 0.6) is 0 Å². The second kappa shape index (κ2) is 37.5. The highest BCUT2D eigenvalue weighted by atomic mass is 35.5. The first-order chi connectivity index (χ1) is 22.5. The van der Waals surface area contributed by atoms with Crippen LogP contribution >= 0.6 is 0 Å². The van der Waals surface area contributed by atoms with Gasteiger partial charge in [-0.1, -0.05) is 154 Å². The standard InChI is InChI=1S/C41H79N3O2.ClH/c1-5-8-11-13-15-17-19-21-23-25-27-29-31-33-35-37-40(45)42-44(4,39-10-7-3)43-41(46)38-36-34-32-30-28-26-24-22-20-18-16-14-12-9-6-2;/h21-24H,5-20,25-39H2,1-4H3,(H-,42,43,45,46);1H/b23-21-,24-22-;. The highest BCUT2D eigenvalue weighted by molar-refractivity contribution is 5.76. The minimum Gasteiger partial charge on any atom is -1.00 e. The predicted octanol–water partition coefficient (Wildman–Crippen LogP) is 9.37. The minimum absolute atomic E-state index is 0. The maximum absolute atomic E-state index is 12.8. The molecule has 0 saturated carbocycles. The van der Waals surface area contributed by atoms with Crippen LogP contribution < -0.4 is 23.3 Å². The number of rotatable bonds is 35. The van der Waals surface area contributed by atoms with E-state index in [-0.39, 0.29) is 28.9 Å². The van der Waals surface area contributed by atoms with E-state index in [1.165, 1.54) is 141 Å². The lowest BCUT2D eigenvalue weighted by Gasteiger charge is -2.32. The first-order valence-corrected chi connectivity index (χ1v) is 20.2. The lowest BCUT2D eigenvalue weighted by molar-refractivity contribution is -0.976. The Morgan fingerprint density at radius 1 is 0.426 bits per heavy atom. The van der Waals surface area contributed by atoms with Crippen molar-refractivity contribution in [1.29, 1.82) is 0 Å². The van der Waals surface area contributed by atoms with Crippen molar-refractivity contribution in [3.63, 3.8) is 0 Å². The average molecular weight is 683 g/mol. The van der Waals surface area contributed by atoms with Crippen molar-refractivity contribution in [2.75, 3.05) is 13.6 Å². The van der Waals surface area contributed by atoms with Crippen molar-refractivity contribution < 1.29 is 26.7 Å². The SMILES string of the molecule is CCCCCCCC/C=C\CCCCCCCC(=O)N[N+](C)(CCCC)NC(=O)CCCCCCC/C=C\CCCCCCCC.[Cl-]. The number of hydrogen-bond donors (Lipinski definition) is 2. The molecule has 278 valence electrons. The summed E-state index contributed by atoms with van der Waals surface area (Å²) < 4.78 is 0.113. The summed E-state index contributed by atoms with van der Waals surface area (Å²) >= 11 is 0. The maximum atomic E-state index is 12.8. The third kappa shape index (κ3) is 35.8. The molecule has 0 radical (unpaired) electrons. The molecule has 0 aliphatic heterocycles. The average Bonchev–Trinajstić information content (AvgIpc) is 3.03. The number of carbonyl (C=O) groups excluding carboxylic acids is 2. The van der Waals surface area contributed by atoms with Crippen LogP contribution in [-0.2, 0) is 9.59 Å². The smallest absolute Gasteiger partial charge is 0.267 e. The Morgan fingerprint density at radius 3 is 1.02 bits per heavy atom. The molecule has 0 aliphatic carbocycles. The number of amides is 2. The van der Waals surface area contributed by atoms with Crippen LogP contribution in [0.15, 0.2) is 24.3 Å². The van der Waals surface area contributed by atoms with Crippen LogP contribution in [0.2, 0.25) is 0 Å². The Kier molecular flexibility index (Phi) is 38.1. The maximum Gasteiger partial charge on any atom is 0.267 e. The number of nitrogens with one attached hydrogen (secondary N) is 2. The van der Waals surface area contributed by atoms with Gasteiger partial charge in [-0.25, -0.2) is 0 Å². The van der Waals surface area contributed by atoms with E-state index in [2.05, 4.69) is 55.9 Å². The zero-order valence-electron chi connectivity index (χ0n) is 31.9. The van der Waals surface area contributed by atoms with E-state index in [4.69, 9.17) is 0 Å². The van der Waals surface area contributed by atoms with Gasteiger partial charge in [0, 0.05) is 19.3 Å². The molecular weight excluding hydrogens is 602 g/mol. The highest BCUT2D eigenvalue weighted by Gasteiger charge is 2.26. The fourth-order valence-corrected chi connectivity index (χ4v) is 5.99. The molecule has 0 atom stereocenters. The largest absolute Gasteiger partial charge is 1.00 e. The van der Waals surface area contributed by atoms with E-state index < -0.39 is 0 Å². The Hall–Kier alpha value is -1.33. The Morgan fingerprint density at radius 2 is 0.702 bits per heavy atom. The van der Waals surface area contributed by atoms with Crippen molar-refractivity contribution in [3.05, 3.63) is 24.3 Å². The minimum atomic E-state index is 0. The van der Waals surface area contributed by atoms with Crippen LogP contribution in [0.4, 0.5) is 0 Å². The Labute approximate surface area is 299 Å². The molecule has 0 aromatic rings. The zero-order chi connectivity index (χ0) is 33.8. The number of hydrogen-bond acceptors (Lipinski definition) is 2. The first kappa shape index (κ1) is 47.8. The van der Waals surface area contributed by atoms with E-state index in [1.807, 2.05) is 7.05 Å². The molecular formula is C41H80ClN3O2. The highest BCUT2D eigenvalue weighted by Crippen LogP contribution is 2.12. The van der Waals surface area contributed by atoms with Gasteiger partial charge in [0.25, 0.3) is 11.8 Å². The molecule has 0 unspecified atom stereocenters. The van der Waals surface area contributed by atoms with E-state index in [9.17, 15) is 9.59 Å². The number of nitrogens with zero attached hydrogens (tertiary/aromatic N) is 1. The van der Waals surface area contributed by atoms with Gasteiger partial charge in [-0.05, 0) is 64.2 Å². The quantitative estimate of drug-likeness (QED) is 0.0303. The summed E-state index contributed by atoms with van der Waals surface area (Å²) in [5, 5.41) is 0. The van der Waals surface area contributed by atoms with Crippen molar-refractivity contribution >= 4 is 11.8 Å². The molecule has 5 nitrogen and oxygen atoms in total. The van der Waals surface area contributed by atoms with E-state index in [0.717, 1.165) is 38.5 Å². The third-order valence-electron chi connectivity index (χ3n) is 9.03. The van der Waals surface area contributed by atoms with Gasteiger partial charge in [-0.2, -0.15) is 10.9 Å². The monoisotopic (exact) mass is 682 g/mol. The summed E-state index contributed by atoms with van der Waals surface area (Å²) in [5.41, 5.74) is 6.23. The van der Waals surface area contributed by atoms with Gasteiger partial charge in [0.05, 0.1) is 0 Å². The summed E-state index contributed by atoms with van der Waals surface area (Å²) in [5.74, 6) is 0.0788. The Bertz CT molecular complexity index is 686. The molecule has 0 aromatic heterocycles. The van der Waals surface area contributed by atoms with Gasteiger partial charge in [-0.3, -0.25) is 9.59 Å². The molecule has 0 fully saturated rings. The number of quaternary nitrogens is 1. The van der Waals surface area contributed by atoms with Crippen molar-refractivity contribution in [2.45, 2.75) is 213 Å².